The van der Waals surface area contributed by atoms with Crippen molar-refractivity contribution in [3.63, 3.8) is 0 Å². The maximum atomic E-state index is 13.3. The van der Waals surface area contributed by atoms with E-state index in [1.165, 1.54) is 11.4 Å². The van der Waals surface area contributed by atoms with Crippen molar-refractivity contribution in [2.75, 3.05) is 38.0 Å². The number of carbonyl (C=O) groups excluding carboxylic acids is 1. The third kappa shape index (κ3) is 4.60. The highest BCUT2D eigenvalue weighted by atomic mass is 32.2. The van der Waals surface area contributed by atoms with Gasteiger partial charge in [0.15, 0.2) is 0 Å². The number of amides is 1. The molecule has 1 unspecified atom stereocenters. The first-order valence-electron chi connectivity index (χ1n) is 10.9. The molecule has 0 aliphatic carbocycles. The number of benzene rings is 2. The van der Waals surface area contributed by atoms with Gasteiger partial charge < -0.3 is 15.3 Å². The van der Waals surface area contributed by atoms with Gasteiger partial charge in [-0.2, -0.15) is 5.26 Å². The first-order valence-corrected chi connectivity index (χ1v) is 12.6. The number of aliphatic hydroxyl groups excluding tert-OH is 1. The number of fused-ring (bicyclic) bond motifs is 1. The molecule has 2 aromatic carbocycles. The predicted octanol–water partition coefficient (Wildman–Crippen LogP) is 1.52. The number of nitriles is 1. The minimum absolute atomic E-state index is 0.0525. The van der Waals surface area contributed by atoms with E-state index in [9.17, 15) is 23.6 Å². The van der Waals surface area contributed by atoms with Crippen molar-refractivity contribution in [1.29, 1.82) is 5.26 Å². The van der Waals surface area contributed by atoms with Crippen molar-refractivity contribution in [2.45, 2.75) is 30.1 Å². The van der Waals surface area contributed by atoms with Gasteiger partial charge in [-0.3, -0.25) is 9.10 Å². The summed E-state index contributed by atoms with van der Waals surface area (Å²) < 4.78 is 26.0. The van der Waals surface area contributed by atoms with Crippen molar-refractivity contribution in [1.82, 2.24) is 10.2 Å². The van der Waals surface area contributed by atoms with Crippen LogP contribution in [-0.4, -0.2) is 64.2 Å². The van der Waals surface area contributed by atoms with E-state index in [0.29, 0.717) is 41.9 Å². The zero-order valence-corrected chi connectivity index (χ0v) is 19.5. The van der Waals surface area contributed by atoms with Crippen LogP contribution in [0.1, 0.15) is 40.5 Å². The van der Waals surface area contributed by atoms with E-state index >= 15 is 0 Å². The van der Waals surface area contributed by atoms with Crippen LogP contribution in [0.5, 0.6) is 0 Å². The average Bonchev–Trinajstić information content (AvgIpc) is 3.32. The first-order chi connectivity index (χ1) is 15.7. The van der Waals surface area contributed by atoms with Gasteiger partial charge in [-0.25, -0.2) is 8.42 Å². The van der Waals surface area contributed by atoms with Gasteiger partial charge in [-0.05, 0) is 41.3 Å². The Bertz CT molecular complexity index is 1210. The fourth-order valence-electron chi connectivity index (χ4n) is 4.85. The van der Waals surface area contributed by atoms with Crippen molar-refractivity contribution >= 4 is 21.6 Å². The molecule has 1 fully saturated rings. The van der Waals surface area contributed by atoms with Crippen LogP contribution in [0.3, 0.4) is 0 Å². The Morgan fingerprint density at radius 2 is 2.06 bits per heavy atom. The first kappa shape index (κ1) is 23.2. The van der Waals surface area contributed by atoms with Crippen molar-refractivity contribution in [2.24, 2.45) is 0 Å². The van der Waals surface area contributed by atoms with Gasteiger partial charge in [0.05, 0.1) is 35.1 Å². The number of nitrogens with one attached hydrogen (secondary N) is 1. The Kier molecular flexibility index (Phi) is 6.43. The van der Waals surface area contributed by atoms with Crippen LogP contribution < -0.4 is 9.62 Å². The second-order valence-electron chi connectivity index (χ2n) is 8.75. The summed E-state index contributed by atoms with van der Waals surface area (Å²) in [6.45, 7) is 1.77. The van der Waals surface area contributed by atoms with Crippen LogP contribution in [0, 0.1) is 11.3 Å². The molecule has 8 nitrogen and oxygen atoms in total. The molecule has 1 amide bonds. The number of β-amino-alcohol motifs (C(OH)–C–C–N with tert-alkyl or cyclic N) is 1. The molecule has 3 atom stereocenters. The van der Waals surface area contributed by atoms with Gasteiger partial charge in [-0.1, -0.05) is 24.3 Å². The Morgan fingerprint density at radius 1 is 1.27 bits per heavy atom. The molecule has 2 aliphatic rings. The lowest BCUT2D eigenvalue weighted by Crippen LogP contribution is -2.36. The number of aliphatic hydroxyl groups is 1. The number of hydrogen-bond donors (Lipinski definition) is 2. The molecular formula is C24H28N4O4S. The van der Waals surface area contributed by atoms with Crippen LogP contribution in [0.15, 0.2) is 42.5 Å². The number of rotatable bonds is 6. The highest BCUT2D eigenvalue weighted by Gasteiger charge is 2.36. The van der Waals surface area contributed by atoms with E-state index < -0.39 is 22.0 Å². The predicted molar refractivity (Wildman–Crippen MR) is 125 cm³/mol. The minimum atomic E-state index is -3.40. The smallest absolute Gasteiger partial charge is 0.239 e. The van der Waals surface area contributed by atoms with Crippen molar-refractivity contribution in [3.05, 3.63) is 64.7 Å². The highest BCUT2D eigenvalue weighted by Crippen LogP contribution is 2.40. The molecule has 4 rings (SSSR count). The summed E-state index contributed by atoms with van der Waals surface area (Å²) in [4.78, 5) is 15.4. The maximum Gasteiger partial charge on any atom is 0.239 e. The molecule has 1 saturated heterocycles. The largest absolute Gasteiger partial charge is 0.392 e. The normalized spacial score (nSPS) is 21.3. The summed E-state index contributed by atoms with van der Waals surface area (Å²) in [6, 6.07) is 14.8. The molecule has 2 aromatic rings. The molecule has 0 bridgehead atoms. The number of likely N-dealkylation sites (N-methyl/N-ethyl adjacent to an activating group) is 1. The standard InChI is InChI=1S/C24H28N4O4S/c1-26-24(30)23(18-6-7-19-15-33(31,32)27(2)22(19)11-18)21(14-28-9-8-20(29)13-28)17-5-3-4-16(10-17)12-25/h3-7,10-11,20-21,23,29H,8-9,13-15H2,1-2H3,(H,26,30)/t20-,21+,23?/m0/s1. The van der Waals surface area contributed by atoms with Gasteiger partial charge >= 0.3 is 0 Å². The topological polar surface area (TPSA) is 114 Å². The van der Waals surface area contributed by atoms with Crippen LogP contribution in [-0.2, 0) is 20.6 Å². The number of likely N-dealkylation sites (tertiary alicyclic amines) is 1. The number of hydrogen-bond acceptors (Lipinski definition) is 6. The fourth-order valence-corrected chi connectivity index (χ4v) is 6.15. The molecule has 9 heteroatoms. The molecule has 2 heterocycles. The lowest BCUT2D eigenvalue weighted by atomic mass is 9.79. The molecular weight excluding hydrogens is 440 g/mol. The second kappa shape index (κ2) is 9.14. The summed E-state index contributed by atoms with van der Waals surface area (Å²) in [5.74, 6) is -1.15. The third-order valence-corrected chi connectivity index (χ3v) is 8.35. The van der Waals surface area contributed by atoms with E-state index in [1.54, 1.807) is 31.3 Å². The van der Waals surface area contributed by atoms with Crippen LogP contribution in [0.25, 0.3) is 0 Å². The van der Waals surface area contributed by atoms with E-state index in [2.05, 4.69) is 16.3 Å². The SMILES string of the molecule is CNC(=O)C(c1ccc2c(c1)N(C)S(=O)(=O)C2)[C@H](CN1CC[C@H](O)C1)c1cccc(C#N)c1. The molecule has 174 valence electrons. The van der Waals surface area contributed by atoms with E-state index in [-0.39, 0.29) is 17.6 Å². The number of sulfonamides is 1. The van der Waals surface area contributed by atoms with Gasteiger partial charge in [0, 0.05) is 39.6 Å². The van der Waals surface area contributed by atoms with E-state index in [1.807, 2.05) is 18.2 Å². The van der Waals surface area contributed by atoms with Crippen molar-refractivity contribution in [3.8, 4) is 6.07 Å². The summed E-state index contributed by atoms with van der Waals surface area (Å²) in [7, 11) is -0.286. The lowest BCUT2D eigenvalue weighted by Gasteiger charge is -2.31. The third-order valence-electron chi connectivity index (χ3n) is 6.64. The molecule has 0 spiro atoms. The van der Waals surface area contributed by atoms with Crippen LogP contribution >= 0.6 is 0 Å². The van der Waals surface area contributed by atoms with Gasteiger partial charge in [-0.15, -0.1) is 0 Å². The minimum Gasteiger partial charge on any atom is -0.392 e. The van der Waals surface area contributed by atoms with E-state index in [4.69, 9.17) is 0 Å². The highest BCUT2D eigenvalue weighted by molar-refractivity contribution is 7.92. The quantitative estimate of drug-likeness (QED) is 0.665. The number of anilines is 1. The van der Waals surface area contributed by atoms with Gasteiger partial charge in [0.1, 0.15) is 0 Å². The van der Waals surface area contributed by atoms with E-state index in [0.717, 1.165) is 12.1 Å². The molecule has 2 N–H and O–H groups in total. The molecule has 33 heavy (non-hydrogen) atoms. The Labute approximate surface area is 194 Å². The Balaban J connectivity index is 1.80. The summed E-state index contributed by atoms with van der Waals surface area (Å²) in [6.07, 6.45) is 0.283. The molecule has 0 aromatic heterocycles. The summed E-state index contributed by atoms with van der Waals surface area (Å²) in [5.41, 5.74) is 3.37. The van der Waals surface area contributed by atoms with Crippen molar-refractivity contribution < 1.29 is 18.3 Å². The Morgan fingerprint density at radius 3 is 2.73 bits per heavy atom. The second-order valence-corrected chi connectivity index (χ2v) is 10.7. The summed E-state index contributed by atoms with van der Waals surface area (Å²) in [5, 5.41) is 22.2. The number of carbonyl (C=O) groups is 1. The van der Waals surface area contributed by atoms with Gasteiger partial charge in [0.25, 0.3) is 0 Å². The zero-order chi connectivity index (χ0) is 23.8. The Hall–Kier alpha value is -2.93. The fraction of sp³-hybridized carbons (Fsp3) is 0.417. The maximum absolute atomic E-state index is 13.3. The number of nitrogens with zero attached hydrogens (tertiary/aromatic N) is 3. The molecule has 2 aliphatic heterocycles. The lowest BCUT2D eigenvalue weighted by molar-refractivity contribution is -0.122. The molecule has 0 saturated carbocycles. The average molecular weight is 469 g/mol. The molecule has 0 radical (unpaired) electrons. The van der Waals surface area contributed by atoms with Gasteiger partial charge in [0.2, 0.25) is 15.9 Å². The van der Waals surface area contributed by atoms with Crippen LogP contribution in [0.4, 0.5) is 5.69 Å². The summed E-state index contributed by atoms with van der Waals surface area (Å²) >= 11 is 0. The zero-order valence-electron chi connectivity index (χ0n) is 18.7. The monoisotopic (exact) mass is 468 g/mol. The van der Waals surface area contributed by atoms with Crippen LogP contribution in [0.2, 0.25) is 0 Å².